The molecule has 2 aromatic rings. The number of hydrogen-bond donors (Lipinski definition) is 2. The molecule has 0 aliphatic carbocycles. The molecule has 2 N–H and O–H groups in total. The van der Waals surface area contributed by atoms with Gasteiger partial charge in [-0.15, -0.1) is 0 Å². The van der Waals surface area contributed by atoms with Crippen molar-refractivity contribution < 1.29 is 9.15 Å². The van der Waals surface area contributed by atoms with Gasteiger partial charge in [-0.3, -0.25) is 4.99 Å². The molecule has 2 fully saturated rings. The number of anilines is 1. The van der Waals surface area contributed by atoms with Crippen molar-refractivity contribution in [2.24, 2.45) is 10.9 Å². The smallest absolute Gasteiger partial charge is 0.191 e. The molecule has 0 bridgehead atoms. The molecule has 2 aliphatic heterocycles. The van der Waals surface area contributed by atoms with Crippen LogP contribution in [0.3, 0.4) is 0 Å². The fraction of sp³-hybridized carbons (Fsp3) is 0.500. The van der Waals surface area contributed by atoms with Gasteiger partial charge in [0.2, 0.25) is 0 Å². The van der Waals surface area contributed by atoms with Crippen molar-refractivity contribution in [1.29, 1.82) is 0 Å². The van der Waals surface area contributed by atoms with Gasteiger partial charge in [0, 0.05) is 61.9 Å². The average molecular weight is 417 g/mol. The third kappa shape index (κ3) is 5.90. The number of nitrogens with zero attached hydrogens (tertiary/aromatic N) is 2. The van der Waals surface area contributed by atoms with Crippen LogP contribution in [0.5, 0.6) is 0 Å². The van der Waals surface area contributed by atoms with E-state index in [2.05, 4.69) is 21.6 Å². The molecule has 29 heavy (non-hydrogen) atoms. The highest BCUT2D eigenvalue weighted by Gasteiger charge is 2.24. The summed E-state index contributed by atoms with van der Waals surface area (Å²) in [6.45, 7) is 5.19. The van der Waals surface area contributed by atoms with E-state index in [1.807, 2.05) is 30.3 Å². The van der Waals surface area contributed by atoms with Crippen LogP contribution in [-0.2, 0) is 11.2 Å². The lowest BCUT2D eigenvalue weighted by Crippen LogP contribution is -2.45. The molecule has 2 atom stereocenters. The molecule has 0 spiro atoms. The zero-order chi connectivity index (χ0) is 19.9. The number of aliphatic imine (C=N–C) groups is 1. The zero-order valence-electron chi connectivity index (χ0n) is 16.6. The van der Waals surface area contributed by atoms with Crippen LogP contribution in [0.25, 0.3) is 0 Å². The third-order valence-electron chi connectivity index (χ3n) is 5.48. The van der Waals surface area contributed by atoms with E-state index in [4.69, 9.17) is 25.7 Å². The van der Waals surface area contributed by atoms with Gasteiger partial charge in [0.1, 0.15) is 5.76 Å². The Kier molecular flexibility index (Phi) is 6.96. The van der Waals surface area contributed by atoms with Gasteiger partial charge in [-0.2, -0.15) is 0 Å². The van der Waals surface area contributed by atoms with E-state index in [1.54, 1.807) is 6.26 Å². The van der Waals surface area contributed by atoms with E-state index >= 15 is 0 Å². The molecule has 1 aromatic heterocycles. The van der Waals surface area contributed by atoms with Crippen molar-refractivity contribution in [3.63, 3.8) is 0 Å². The minimum Gasteiger partial charge on any atom is -0.469 e. The Hall–Kier alpha value is -2.18. The average Bonchev–Trinajstić information content (AvgIpc) is 3.49. The van der Waals surface area contributed by atoms with Crippen molar-refractivity contribution in [2.75, 3.05) is 44.3 Å². The van der Waals surface area contributed by atoms with Crippen LogP contribution >= 0.6 is 11.6 Å². The van der Waals surface area contributed by atoms with Crippen LogP contribution in [0.4, 0.5) is 5.69 Å². The van der Waals surface area contributed by atoms with E-state index in [0.29, 0.717) is 12.0 Å². The van der Waals surface area contributed by atoms with Crippen molar-refractivity contribution >= 4 is 23.2 Å². The summed E-state index contributed by atoms with van der Waals surface area (Å²) in [5, 5.41) is 7.88. The zero-order valence-corrected chi connectivity index (χ0v) is 17.4. The summed E-state index contributed by atoms with van der Waals surface area (Å²) >= 11 is 6.16. The highest BCUT2D eigenvalue weighted by molar-refractivity contribution is 6.30. The minimum absolute atomic E-state index is 0.351. The van der Waals surface area contributed by atoms with E-state index in [1.165, 1.54) is 5.69 Å². The molecule has 1 aromatic carbocycles. The summed E-state index contributed by atoms with van der Waals surface area (Å²) in [5.41, 5.74) is 1.18. The molecular formula is C22H29ClN4O2. The monoisotopic (exact) mass is 416 g/mol. The number of halogens is 1. The highest BCUT2D eigenvalue weighted by atomic mass is 35.5. The van der Waals surface area contributed by atoms with Crippen LogP contribution in [0, 0.1) is 5.92 Å². The maximum absolute atomic E-state index is 6.16. The van der Waals surface area contributed by atoms with Gasteiger partial charge in [-0.1, -0.05) is 17.7 Å². The second-order valence-corrected chi connectivity index (χ2v) is 8.17. The van der Waals surface area contributed by atoms with E-state index in [9.17, 15) is 0 Å². The van der Waals surface area contributed by atoms with Crippen LogP contribution in [0.1, 0.15) is 18.6 Å². The van der Waals surface area contributed by atoms with Crippen molar-refractivity contribution in [2.45, 2.75) is 25.3 Å². The summed E-state index contributed by atoms with van der Waals surface area (Å²) in [6.07, 6.45) is 4.71. The van der Waals surface area contributed by atoms with E-state index in [-0.39, 0.29) is 0 Å². The molecule has 156 valence electrons. The Morgan fingerprint density at radius 3 is 3.00 bits per heavy atom. The van der Waals surface area contributed by atoms with Crippen LogP contribution < -0.4 is 15.5 Å². The number of nitrogens with one attached hydrogen (secondary N) is 2. The molecule has 2 unspecified atom stereocenters. The molecular weight excluding hydrogens is 388 g/mol. The molecule has 0 saturated carbocycles. The van der Waals surface area contributed by atoms with Crippen LogP contribution in [0.2, 0.25) is 5.02 Å². The Morgan fingerprint density at radius 2 is 2.21 bits per heavy atom. The third-order valence-corrected chi connectivity index (χ3v) is 5.71. The Morgan fingerprint density at radius 1 is 1.24 bits per heavy atom. The predicted molar refractivity (Wildman–Crippen MR) is 117 cm³/mol. The minimum atomic E-state index is 0.351. The molecule has 2 saturated heterocycles. The van der Waals surface area contributed by atoms with Crippen molar-refractivity contribution in [3.8, 4) is 0 Å². The van der Waals surface area contributed by atoms with Gasteiger partial charge in [-0.25, -0.2) is 0 Å². The number of guanidine groups is 1. The number of hydrogen-bond acceptors (Lipinski definition) is 4. The summed E-state index contributed by atoms with van der Waals surface area (Å²) in [6, 6.07) is 12.3. The topological polar surface area (TPSA) is 62.0 Å². The maximum Gasteiger partial charge on any atom is 0.191 e. The highest BCUT2D eigenvalue weighted by Crippen LogP contribution is 2.23. The van der Waals surface area contributed by atoms with Crippen molar-refractivity contribution in [3.05, 3.63) is 53.4 Å². The largest absolute Gasteiger partial charge is 0.469 e. The van der Waals surface area contributed by atoms with Gasteiger partial charge in [-0.05, 0) is 43.2 Å². The number of benzene rings is 1. The maximum atomic E-state index is 6.16. The van der Waals surface area contributed by atoms with Gasteiger partial charge in [0.15, 0.2) is 5.96 Å². The SMILES string of the molecule is Clc1cccc(N2CCC(NC(=NCC3CCOC3)NCCc3ccco3)C2)c1. The summed E-state index contributed by atoms with van der Waals surface area (Å²) in [7, 11) is 0. The first-order chi connectivity index (χ1) is 14.3. The Balaban J connectivity index is 1.33. The predicted octanol–water partition coefficient (Wildman–Crippen LogP) is 3.33. The second-order valence-electron chi connectivity index (χ2n) is 7.73. The first kappa shape index (κ1) is 20.1. The second kappa shape index (κ2) is 10.0. The summed E-state index contributed by atoms with van der Waals surface area (Å²) < 4.78 is 10.9. The molecule has 0 radical (unpaired) electrons. The van der Waals surface area contributed by atoms with Gasteiger partial charge in [0.05, 0.1) is 12.9 Å². The summed E-state index contributed by atoms with van der Waals surface area (Å²) in [5.74, 6) is 2.38. The van der Waals surface area contributed by atoms with Crippen LogP contribution in [-0.4, -0.2) is 51.4 Å². The fourth-order valence-corrected chi connectivity index (χ4v) is 4.02. The fourth-order valence-electron chi connectivity index (χ4n) is 3.84. The standard InChI is InChI=1S/C22H29ClN4O2/c23-18-3-1-4-20(13-18)27-10-7-19(15-27)26-22(25-14-17-8-12-28-16-17)24-9-6-21-5-2-11-29-21/h1-5,11,13,17,19H,6-10,12,14-16H2,(H2,24,25,26). The summed E-state index contributed by atoms with van der Waals surface area (Å²) in [4.78, 5) is 7.21. The molecule has 6 nitrogen and oxygen atoms in total. The lowest BCUT2D eigenvalue weighted by molar-refractivity contribution is 0.187. The number of furan rings is 1. The van der Waals surface area contributed by atoms with Gasteiger partial charge >= 0.3 is 0 Å². The van der Waals surface area contributed by atoms with E-state index < -0.39 is 0 Å². The first-order valence-electron chi connectivity index (χ1n) is 10.4. The number of rotatable bonds is 7. The van der Waals surface area contributed by atoms with Gasteiger partial charge in [0.25, 0.3) is 0 Å². The molecule has 3 heterocycles. The van der Waals surface area contributed by atoms with E-state index in [0.717, 1.165) is 75.4 Å². The normalized spacial score (nSPS) is 22.2. The Bertz CT molecular complexity index is 790. The molecule has 7 heteroatoms. The first-order valence-corrected chi connectivity index (χ1v) is 10.8. The van der Waals surface area contributed by atoms with Crippen LogP contribution in [0.15, 0.2) is 52.1 Å². The Labute approximate surface area is 177 Å². The quantitative estimate of drug-likeness (QED) is 0.535. The molecule has 4 rings (SSSR count). The lowest BCUT2D eigenvalue weighted by Gasteiger charge is -2.21. The van der Waals surface area contributed by atoms with Crippen molar-refractivity contribution in [1.82, 2.24) is 10.6 Å². The van der Waals surface area contributed by atoms with Gasteiger partial charge < -0.3 is 24.7 Å². The molecule has 0 amide bonds. The number of ether oxygens (including phenoxy) is 1. The lowest BCUT2D eigenvalue weighted by atomic mass is 10.1. The molecule has 2 aliphatic rings.